The number of carbonyl (C=O) groups is 3. The minimum atomic E-state index is -0.728. The van der Waals surface area contributed by atoms with Gasteiger partial charge in [-0.15, -0.1) is 11.3 Å². The van der Waals surface area contributed by atoms with Crippen molar-refractivity contribution in [2.75, 3.05) is 13.2 Å². The molecule has 2 heterocycles. The Morgan fingerprint density at radius 2 is 2.07 bits per heavy atom. The van der Waals surface area contributed by atoms with E-state index < -0.39 is 30.3 Å². The molecule has 2 aromatic rings. The number of hydrogen-bond donors (Lipinski definition) is 0. The van der Waals surface area contributed by atoms with E-state index in [1.807, 2.05) is 18.2 Å². The number of halogens is 1. The summed E-state index contributed by atoms with van der Waals surface area (Å²) in [5.41, 5.74) is 0.0705. The average Bonchev–Trinajstić information content (AvgIpc) is 3.24. The Balaban J connectivity index is 1.60. The first-order valence-corrected chi connectivity index (χ1v) is 10.5. The first-order chi connectivity index (χ1) is 13.1. The average molecular weight is 469 g/mol. The number of aromatic nitrogens is 1. The monoisotopic (exact) mass is 468 g/mol. The van der Waals surface area contributed by atoms with Crippen molar-refractivity contribution in [2.24, 2.45) is 0 Å². The highest BCUT2D eigenvalue weighted by atomic mass is 79.9. The molecular weight excluding hydrogens is 448 g/mol. The predicted octanol–water partition coefficient (Wildman–Crippen LogP) is 4.18. The maximum atomic E-state index is 12.4. The summed E-state index contributed by atoms with van der Waals surface area (Å²) in [6.07, 6.45) is 0.622. The Bertz CT molecular complexity index is 921. The molecule has 0 spiro atoms. The number of benzene rings is 1. The third-order valence-electron chi connectivity index (χ3n) is 4.09. The fourth-order valence-electron chi connectivity index (χ4n) is 2.86. The number of thiazole rings is 1. The van der Waals surface area contributed by atoms with E-state index in [1.165, 1.54) is 16.2 Å². The molecule has 0 radical (unpaired) electrons. The molecule has 0 saturated carbocycles. The minimum Gasteiger partial charge on any atom is -0.456 e. The number of fused-ring (bicyclic) bond motifs is 1. The van der Waals surface area contributed by atoms with Gasteiger partial charge in [-0.25, -0.2) is 14.6 Å². The van der Waals surface area contributed by atoms with Gasteiger partial charge in [-0.2, -0.15) is 0 Å². The van der Waals surface area contributed by atoms with Gasteiger partial charge in [0, 0.05) is 11.0 Å². The van der Waals surface area contributed by atoms with Crippen LogP contribution >= 0.6 is 27.3 Å². The molecule has 7 nitrogen and oxygen atoms in total. The SMILES string of the molecule is CC(C)(C)OC(=O)N1CCCC1C(=O)OCC(=O)c1nc2ccc(Br)cc2s1. The highest BCUT2D eigenvalue weighted by Gasteiger charge is 2.37. The summed E-state index contributed by atoms with van der Waals surface area (Å²) in [7, 11) is 0. The van der Waals surface area contributed by atoms with Crippen LogP contribution in [0.3, 0.4) is 0 Å². The summed E-state index contributed by atoms with van der Waals surface area (Å²) in [4.78, 5) is 42.7. The summed E-state index contributed by atoms with van der Waals surface area (Å²) in [5.74, 6) is -0.965. The lowest BCUT2D eigenvalue weighted by Crippen LogP contribution is -2.44. The van der Waals surface area contributed by atoms with Crippen molar-refractivity contribution in [1.29, 1.82) is 0 Å². The number of hydrogen-bond acceptors (Lipinski definition) is 7. The number of rotatable bonds is 4. The quantitative estimate of drug-likeness (QED) is 0.493. The van der Waals surface area contributed by atoms with Crippen LogP contribution in [0.15, 0.2) is 22.7 Å². The Morgan fingerprint density at radius 1 is 1.32 bits per heavy atom. The maximum absolute atomic E-state index is 12.4. The smallest absolute Gasteiger partial charge is 0.411 e. The standard InChI is InChI=1S/C19H21BrN2O5S/c1-19(2,3)27-18(25)22-8-4-5-13(22)17(24)26-10-14(23)16-21-12-7-6-11(20)9-15(12)28-16/h6-7,9,13H,4-5,8,10H2,1-3H3. The van der Waals surface area contributed by atoms with E-state index in [0.717, 1.165) is 14.7 Å². The number of carbonyl (C=O) groups excluding carboxylic acids is 3. The van der Waals surface area contributed by atoms with Crippen LogP contribution in [-0.2, 0) is 14.3 Å². The minimum absolute atomic E-state index is 0.288. The van der Waals surface area contributed by atoms with Gasteiger partial charge in [-0.05, 0) is 51.8 Å². The second-order valence-corrected chi connectivity index (χ2v) is 9.44. The molecule has 0 bridgehead atoms. The Labute approximate surface area is 175 Å². The Kier molecular flexibility index (Phi) is 6.04. The van der Waals surface area contributed by atoms with Gasteiger partial charge in [0.15, 0.2) is 11.6 Å². The Hall–Kier alpha value is -2.00. The lowest BCUT2D eigenvalue weighted by atomic mass is 10.2. The zero-order valence-electron chi connectivity index (χ0n) is 15.9. The largest absolute Gasteiger partial charge is 0.456 e. The molecule has 1 aromatic carbocycles. The van der Waals surface area contributed by atoms with Crippen LogP contribution in [0.5, 0.6) is 0 Å². The fourth-order valence-corrected chi connectivity index (χ4v) is 4.30. The van der Waals surface area contributed by atoms with Gasteiger partial charge in [-0.1, -0.05) is 15.9 Å². The van der Waals surface area contributed by atoms with Crippen LogP contribution in [0.4, 0.5) is 4.79 Å². The van der Waals surface area contributed by atoms with Gasteiger partial charge in [-0.3, -0.25) is 9.69 Å². The zero-order valence-corrected chi connectivity index (χ0v) is 18.3. The summed E-state index contributed by atoms with van der Waals surface area (Å²) >= 11 is 4.63. The Morgan fingerprint density at radius 3 is 2.79 bits per heavy atom. The highest BCUT2D eigenvalue weighted by molar-refractivity contribution is 9.10. The first kappa shape index (κ1) is 20.7. The molecule has 1 aliphatic rings. The fraction of sp³-hybridized carbons (Fsp3) is 0.474. The van der Waals surface area contributed by atoms with E-state index >= 15 is 0 Å². The molecule has 0 N–H and O–H groups in total. The number of ketones is 1. The van der Waals surface area contributed by atoms with Crippen molar-refractivity contribution in [3.8, 4) is 0 Å². The molecule has 1 atom stereocenters. The number of Topliss-reactive ketones (excluding diaryl/α,β-unsaturated/α-hetero) is 1. The topological polar surface area (TPSA) is 85.8 Å². The number of likely N-dealkylation sites (tertiary alicyclic amines) is 1. The van der Waals surface area contributed by atoms with Crippen LogP contribution in [0.1, 0.15) is 43.4 Å². The van der Waals surface area contributed by atoms with E-state index in [0.29, 0.717) is 19.4 Å². The molecule has 28 heavy (non-hydrogen) atoms. The molecule has 1 amide bonds. The van der Waals surface area contributed by atoms with Crippen molar-refractivity contribution in [1.82, 2.24) is 9.88 Å². The van der Waals surface area contributed by atoms with Crippen LogP contribution < -0.4 is 0 Å². The second-order valence-electron chi connectivity index (χ2n) is 7.49. The zero-order chi connectivity index (χ0) is 20.5. The van der Waals surface area contributed by atoms with E-state index in [9.17, 15) is 14.4 Å². The van der Waals surface area contributed by atoms with Crippen LogP contribution in [0.25, 0.3) is 10.2 Å². The number of amides is 1. The van der Waals surface area contributed by atoms with Gasteiger partial charge in [0.05, 0.1) is 10.2 Å². The summed E-state index contributed by atoms with van der Waals surface area (Å²) in [6.45, 7) is 5.32. The number of nitrogens with zero attached hydrogens (tertiary/aromatic N) is 2. The van der Waals surface area contributed by atoms with E-state index in [2.05, 4.69) is 20.9 Å². The van der Waals surface area contributed by atoms with E-state index in [-0.39, 0.29) is 10.8 Å². The molecule has 3 rings (SSSR count). The second kappa shape index (κ2) is 8.16. The van der Waals surface area contributed by atoms with Gasteiger partial charge in [0.25, 0.3) is 0 Å². The van der Waals surface area contributed by atoms with Crippen molar-refractivity contribution >= 4 is 55.3 Å². The van der Waals surface area contributed by atoms with Crippen LogP contribution in [-0.4, -0.2) is 52.5 Å². The van der Waals surface area contributed by atoms with Gasteiger partial charge in [0.1, 0.15) is 11.6 Å². The third kappa shape index (κ3) is 4.88. The van der Waals surface area contributed by atoms with E-state index in [1.54, 1.807) is 20.8 Å². The van der Waals surface area contributed by atoms with Crippen LogP contribution in [0.2, 0.25) is 0 Å². The molecule has 9 heteroatoms. The van der Waals surface area contributed by atoms with Gasteiger partial charge < -0.3 is 9.47 Å². The molecule has 150 valence electrons. The molecule has 1 unspecified atom stereocenters. The lowest BCUT2D eigenvalue weighted by Gasteiger charge is -2.27. The molecule has 1 fully saturated rings. The van der Waals surface area contributed by atoms with Crippen molar-refractivity contribution in [2.45, 2.75) is 45.3 Å². The first-order valence-electron chi connectivity index (χ1n) is 8.89. The van der Waals surface area contributed by atoms with Gasteiger partial charge in [0.2, 0.25) is 5.78 Å². The van der Waals surface area contributed by atoms with Crippen molar-refractivity contribution in [3.63, 3.8) is 0 Å². The summed E-state index contributed by atoms with van der Waals surface area (Å²) in [5, 5.41) is 0.288. The molecular formula is C19H21BrN2O5S. The maximum Gasteiger partial charge on any atom is 0.411 e. The highest BCUT2D eigenvalue weighted by Crippen LogP contribution is 2.26. The van der Waals surface area contributed by atoms with Crippen LogP contribution in [0, 0.1) is 0 Å². The third-order valence-corrected chi connectivity index (χ3v) is 5.64. The lowest BCUT2D eigenvalue weighted by molar-refractivity contribution is -0.147. The molecule has 1 aromatic heterocycles. The number of esters is 1. The predicted molar refractivity (Wildman–Crippen MR) is 109 cm³/mol. The van der Waals surface area contributed by atoms with E-state index in [4.69, 9.17) is 9.47 Å². The van der Waals surface area contributed by atoms with Crippen molar-refractivity contribution < 1.29 is 23.9 Å². The number of ether oxygens (including phenoxy) is 2. The van der Waals surface area contributed by atoms with Crippen molar-refractivity contribution in [3.05, 3.63) is 27.7 Å². The summed E-state index contributed by atoms with van der Waals surface area (Å²) in [6, 6.07) is 4.82. The molecule has 0 aliphatic carbocycles. The van der Waals surface area contributed by atoms with Gasteiger partial charge >= 0.3 is 12.1 Å². The molecule has 1 aliphatic heterocycles. The summed E-state index contributed by atoms with van der Waals surface area (Å²) < 4.78 is 12.3. The molecule has 1 saturated heterocycles. The normalized spacial score (nSPS) is 17.0.